The van der Waals surface area contributed by atoms with Crippen molar-refractivity contribution < 1.29 is 4.42 Å². The Balaban J connectivity index is 1.37. The molecular weight excluding hydrogens is 526 g/mol. The van der Waals surface area contributed by atoms with E-state index >= 15 is 0 Å². The van der Waals surface area contributed by atoms with Gasteiger partial charge in [0.05, 0.1) is 0 Å². The van der Waals surface area contributed by atoms with Gasteiger partial charge in [-0.3, -0.25) is 0 Å². The summed E-state index contributed by atoms with van der Waals surface area (Å²) in [6.07, 6.45) is 0. The fourth-order valence-corrected chi connectivity index (χ4v) is 6.34. The molecule has 0 saturated carbocycles. The molecule has 196 valence electrons. The highest BCUT2D eigenvalue weighted by Crippen LogP contribution is 2.49. The molecule has 8 rings (SSSR count). The number of benzene rings is 5. The average Bonchev–Trinajstić information content (AvgIpc) is 3.49. The van der Waals surface area contributed by atoms with Crippen LogP contribution in [0.5, 0.6) is 0 Å². The van der Waals surface area contributed by atoms with Gasteiger partial charge in [0.15, 0.2) is 17.5 Å². The molecule has 0 saturated heterocycles. The second kappa shape index (κ2) is 8.85. The first-order valence-corrected chi connectivity index (χ1v) is 14.0. The Hall–Kier alpha value is -4.80. The molecule has 0 aliphatic heterocycles. The number of halogens is 1. The van der Waals surface area contributed by atoms with Crippen LogP contribution in [0.1, 0.15) is 25.0 Å². The highest BCUT2D eigenvalue weighted by atomic mass is 35.5. The monoisotopic (exact) mass is 549 g/mol. The molecule has 5 heteroatoms. The number of furan rings is 1. The Kier molecular flexibility index (Phi) is 5.19. The van der Waals surface area contributed by atoms with Gasteiger partial charge in [-0.15, -0.1) is 0 Å². The van der Waals surface area contributed by atoms with Crippen LogP contribution in [0, 0.1) is 0 Å². The van der Waals surface area contributed by atoms with Crippen molar-refractivity contribution in [2.24, 2.45) is 0 Å². The zero-order chi connectivity index (χ0) is 27.7. The maximum absolute atomic E-state index is 6.40. The SMILES string of the molecule is CC1(C)c2ccccc2-c2ccc(-c3nc(-c4ccccc4)nc(-c4cccc5oc6ccc(Cl)cc6c45)n3)cc21. The van der Waals surface area contributed by atoms with Crippen LogP contribution in [0.4, 0.5) is 0 Å². The molecule has 1 aliphatic rings. The third-order valence-corrected chi connectivity index (χ3v) is 8.44. The molecule has 2 heterocycles. The zero-order valence-corrected chi connectivity index (χ0v) is 23.3. The maximum atomic E-state index is 6.40. The largest absolute Gasteiger partial charge is 0.456 e. The van der Waals surface area contributed by atoms with Crippen molar-refractivity contribution in [3.05, 3.63) is 125 Å². The summed E-state index contributed by atoms with van der Waals surface area (Å²) in [6.45, 7) is 4.57. The van der Waals surface area contributed by atoms with Crippen LogP contribution in [-0.4, -0.2) is 15.0 Å². The minimum Gasteiger partial charge on any atom is -0.456 e. The molecule has 0 unspecified atom stereocenters. The van der Waals surface area contributed by atoms with Crippen LogP contribution < -0.4 is 0 Å². The summed E-state index contributed by atoms with van der Waals surface area (Å²) in [7, 11) is 0. The Morgan fingerprint density at radius 1 is 0.561 bits per heavy atom. The number of nitrogens with zero attached hydrogens (tertiary/aromatic N) is 3. The van der Waals surface area contributed by atoms with E-state index in [0.29, 0.717) is 22.5 Å². The first kappa shape index (κ1) is 24.0. The molecule has 0 spiro atoms. The molecule has 7 aromatic rings. The lowest BCUT2D eigenvalue weighted by molar-refractivity contribution is 0.660. The summed E-state index contributed by atoms with van der Waals surface area (Å²) in [5.74, 6) is 1.84. The van der Waals surface area contributed by atoms with E-state index in [4.69, 9.17) is 31.0 Å². The molecule has 0 amide bonds. The topological polar surface area (TPSA) is 51.8 Å². The molecular formula is C36H24ClN3O. The summed E-state index contributed by atoms with van der Waals surface area (Å²) in [4.78, 5) is 15.1. The quantitative estimate of drug-likeness (QED) is 0.220. The van der Waals surface area contributed by atoms with Crippen molar-refractivity contribution in [1.29, 1.82) is 0 Å². The Bertz CT molecular complexity index is 2150. The van der Waals surface area contributed by atoms with E-state index in [2.05, 4.69) is 56.3 Å². The highest BCUT2D eigenvalue weighted by molar-refractivity contribution is 6.32. The predicted octanol–water partition coefficient (Wildman–Crippen LogP) is 9.73. The fraction of sp³-hybridized carbons (Fsp3) is 0.0833. The third kappa shape index (κ3) is 3.71. The van der Waals surface area contributed by atoms with Gasteiger partial charge in [-0.2, -0.15) is 0 Å². The van der Waals surface area contributed by atoms with Gasteiger partial charge in [0.25, 0.3) is 0 Å². The number of aromatic nitrogens is 3. The molecule has 0 atom stereocenters. The van der Waals surface area contributed by atoms with Crippen molar-refractivity contribution in [3.63, 3.8) is 0 Å². The summed E-state index contributed by atoms with van der Waals surface area (Å²) in [5, 5.41) is 2.52. The first-order chi connectivity index (χ1) is 20.0. The minimum absolute atomic E-state index is 0.124. The van der Waals surface area contributed by atoms with E-state index in [1.807, 2.05) is 66.7 Å². The molecule has 0 fully saturated rings. The average molecular weight is 550 g/mol. The van der Waals surface area contributed by atoms with Crippen molar-refractivity contribution in [1.82, 2.24) is 15.0 Å². The van der Waals surface area contributed by atoms with Gasteiger partial charge in [-0.05, 0) is 52.6 Å². The second-order valence-electron chi connectivity index (χ2n) is 11.0. The lowest BCUT2D eigenvalue weighted by atomic mass is 9.82. The van der Waals surface area contributed by atoms with Crippen molar-refractivity contribution >= 4 is 33.5 Å². The van der Waals surface area contributed by atoms with Crippen LogP contribution in [0.15, 0.2) is 114 Å². The van der Waals surface area contributed by atoms with Gasteiger partial charge in [0, 0.05) is 37.9 Å². The zero-order valence-electron chi connectivity index (χ0n) is 22.5. The Morgan fingerprint density at radius 2 is 1.27 bits per heavy atom. The van der Waals surface area contributed by atoms with E-state index in [1.165, 1.54) is 22.3 Å². The van der Waals surface area contributed by atoms with Crippen molar-refractivity contribution in [2.45, 2.75) is 19.3 Å². The Labute approximate surface area is 242 Å². The molecule has 4 nitrogen and oxygen atoms in total. The molecule has 0 N–H and O–H groups in total. The smallest absolute Gasteiger partial charge is 0.164 e. The van der Waals surface area contributed by atoms with Crippen LogP contribution in [0.2, 0.25) is 5.02 Å². The number of hydrogen-bond donors (Lipinski definition) is 0. The van der Waals surface area contributed by atoms with E-state index in [0.717, 1.165) is 38.6 Å². The second-order valence-corrected chi connectivity index (χ2v) is 11.5. The maximum Gasteiger partial charge on any atom is 0.164 e. The van der Waals surface area contributed by atoms with Crippen LogP contribution >= 0.6 is 11.6 Å². The van der Waals surface area contributed by atoms with E-state index in [1.54, 1.807) is 0 Å². The molecule has 0 bridgehead atoms. The minimum atomic E-state index is -0.124. The molecule has 41 heavy (non-hydrogen) atoms. The summed E-state index contributed by atoms with van der Waals surface area (Å²) in [6, 6.07) is 36.9. The number of hydrogen-bond acceptors (Lipinski definition) is 4. The summed E-state index contributed by atoms with van der Waals surface area (Å²) >= 11 is 6.40. The van der Waals surface area contributed by atoms with Gasteiger partial charge < -0.3 is 4.42 Å². The van der Waals surface area contributed by atoms with Crippen LogP contribution in [-0.2, 0) is 5.41 Å². The van der Waals surface area contributed by atoms with E-state index < -0.39 is 0 Å². The van der Waals surface area contributed by atoms with Gasteiger partial charge in [-0.1, -0.05) is 104 Å². The van der Waals surface area contributed by atoms with E-state index in [9.17, 15) is 0 Å². The van der Waals surface area contributed by atoms with Crippen molar-refractivity contribution in [2.75, 3.05) is 0 Å². The van der Waals surface area contributed by atoms with Crippen LogP contribution in [0.3, 0.4) is 0 Å². The predicted molar refractivity (Wildman–Crippen MR) is 166 cm³/mol. The standard InChI is InChI=1S/C36H24ClN3O/c1-36(2)28-13-7-6-11-24(28)25-17-15-22(19-29(25)36)34-38-33(21-9-4-3-5-10-21)39-35(40-34)26-12-8-14-31-32(26)27-20-23(37)16-18-30(27)41-31/h3-20H,1-2H3. The molecule has 2 aromatic heterocycles. The summed E-state index contributed by atoms with van der Waals surface area (Å²) in [5.41, 5.74) is 9.34. The van der Waals surface area contributed by atoms with Gasteiger partial charge in [0.2, 0.25) is 0 Å². The van der Waals surface area contributed by atoms with Crippen LogP contribution in [0.25, 0.3) is 67.2 Å². The lowest BCUT2D eigenvalue weighted by Crippen LogP contribution is -2.15. The first-order valence-electron chi connectivity index (χ1n) is 13.6. The van der Waals surface area contributed by atoms with Gasteiger partial charge >= 0.3 is 0 Å². The molecule has 0 radical (unpaired) electrons. The van der Waals surface area contributed by atoms with E-state index in [-0.39, 0.29) is 5.41 Å². The normalized spacial score (nSPS) is 13.4. The lowest BCUT2D eigenvalue weighted by Gasteiger charge is -2.21. The highest BCUT2D eigenvalue weighted by Gasteiger charge is 2.35. The number of fused-ring (bicyclic) bond motifs is 6. The van der Waals surface area contributed by atoms with Gasteiger partial charge in [-0.25, -0.2) is 15.0 Å². The number of rotatable bonds is 3. The molecule has 5 aromatic carbocycles. The van der Waals surface area contributed by atoms with Gasteiger partial charge in [0.1, 0.15) is 11.2 Å². The summed E-state index contributed by atoms with van der Waals surface area (Å²) < 4.78 is 6.17. The molecule has 1 aliphatic carbocycles. The Morgan fingerprint density at radius 3 is 2.12 bits per heavy atom. The van der Waals surface area contributed by atoms with Crippen molar-refractivity contribution in [3.8, 4) is 45.3 Å². The third-order valence-electron chi connectivity index (χ3n) is 8.21. The fourth-order valence-electron chi connectivity index (χ4n) is 6.17.